The molecule has 0 spiro atoms. The minimum absolute atomic E-state index is 0.314. The molecule has 0 heterocycles. The molecule has 10 heavy (non-hydrogen) atoms. The van der Waals surface area contributed by atoms with E-state index in [0.717, 1.165) is 0 Å². The normalized spacial score (nSPS) is 23.4. The fraction of sp³-hybridized carbons (Fsp3) is 1.00. The highest BCUT2D eigenvalue weighted by atomic mass is 16.6. The van der Waals surface area contributed by atoms with Crippen molar-refractivity contribution in [3.05, 3.63) is 0 Å². The van der Waals surface area contributed by atoms with Gasteiger partial charge in [0, 0.05) is 5.54 Å². The Morgan fingerprint density at radius 2 is 2.00 bits per heavy atom. The molecule has 0 radical (unpaired) electrons. The monoisotopic (exact) mass is 143 g/mol. The lowest BCUT2D eigenvalue weighted by atomic mass is 9.96. The van der Waals surface area contributed by atoms with E-state index in [1.165, 1.54) is 32.1 Å². The summed E-state index contributed by atoms with van der Waals surface area (Å²) in [6.07, 6.45) is 6.43. The molecule has 0 bridgehead atoms. The predicted molar refractivity (Wildman–Crippen MR) is 41.6 cm³/mol. The fourth-order valence-electron chi connectivity index (χ4n) is 1.80. The van der Waals surface area contributed by atoms with Gasteiger partial charge in [0.15, 0.2) is 0 Å². The zero-order valence-corrected chi connectivity index (χ0v) is 6.94. The van der Waals surface area contributed by atoms with Crippen LogP contribution in [0.15, 0.2) is 0 Å². The van der Waals surface area contributed by atoms with Crippen molar-refractivity contribution < 1.29 is 4.84 Å². The van der Waals surface area contributed by atoms with Gasteiger partial charge in [-0.2, -0.15) is 5.48 Å². The Hall–Kier alpha value is -0.0800. The molecular weight excluding hydrogens is 126 g/mol. The van der Waals surface area contributed by atoms with Gasteiger partial charge in [-0.1, -0.05) is 19.8 Å². The lowest BCUT2D eigenvalue weighted by Gasteiger charge is -2.26. The van der Waals surface area contributed by atoms with Crippen LogP contribution in [0.2, 0.25) is 0 Å². The quantitative estimate of drug-likeness (QED) is 0.609. The van der Waals surface area contributed by atoms with Crippen molar-refractivity contribution >= 4 is 0 Å². The van der Waals surface area contributed by atoms with E-state index in [-0.39, 0.29) is 0 Å². The molecule has 2 nitrogen and oxygen atoms in total. The van der Waals surface area contributed by atoms with Crippen LogP contribution in [0.25, 0.3) is 0 Å². The molecule has 1 aliphatic carbocycles. The summed E-state index contributed by atoms with van der Waals surface area (Å²) in [5, 5.41) is 0. The van der Waals surface area contributed by atoms with Crippen LogP contribution in [-0.2, 0) is 4.84 Å². The van der Waals surface area contributed by atoms with Crippen molar-refractivity contribution in [1.82, 2.24) is 5.48 Å². The van der Waals surface area contributed by atoms with Crippen LogP contribution < -0.4 is 5.48 Å². The third-order valence-electron chi connectivity index (χ3n) is 2.56. The summed E-state index contributed by atoms with van der Waals surface area (Å²) in [5.41, 5.74) is 3.42. The van der Waals surface area contributed by atoms with Crippen molar-refractivity contribution in [2.45, 2.75) is 44.6 Å². The molecule has 0 saturated heterocycles. The molecule has 0 atom stereocenters. The average Bonchev–Trinajstić information content (AvgIpc) is 2.39. The Labute approximate surface area is 62.9 Å². The number of hydrogen-bond acceptors (Lipinski definition) is 2. The van der Waals surface area contributed by atoms with Gasteiger partial charge in [-0.05, 0) is 19.3 Å². The zero-order valence-electron chi connectivity index (χ0n) is 6.94. The van der Waals surface area contributed by atoms with Crippen molar-refractivity contribution in [2.75, 3.05) is 7.11 Å². The van der Waals surface area contributed by atoms with Gasteiger partial charge < -0.3 is 4.84 Å². The van der Waals surface area contributed by atoms with Gasteiger partial charge in [0.1, 0.15) is 0 Å². The smallest absolute Gasteiger partial charge is 0.0572 e. The molecule has 2 heteroatoms. The summed E-state index contributed by atoms with van der Waals surface area (Å²) in [6, 6.07) is 0. The second kappa shape index (κ2) is 3.35. The number of rotatable bonds is 3. The Balaban J connectivity index is 2.41. The Morgan fingerprint density at radius 1 is 1.40 bits per heavy atom. The van der Waals surface area contributed by atoms with Crippen molar-refractivity contribution in [1.29, 1.82) is 0 Å². The van der Waals surface area contributed by atoms with Crippen LogP contribution in [-0.4, -0.2) is 12.6 Å². The third kappa shape index (κ3) is 1.50. The molecule has 0 aromatic heterocycles. The van der Waals surface area contributed by atoms with E-state index in [4.69, 9.17) is 4.84 Å². The molecular formula is C8H17NO. The highest BCUT2D eigenvalue weighted by molar-refractivity contribution is 4.88. The van der Waals surface area contributed by atoms with Crippen LogP contribution in [0.3, 0.4) is 0 Å². The molecule has 0 aromatic carbocycles. The maximum atomic E-state index is 4.97. The number of nitrogens with one attached hydrogen (secondary N) is 1. The van der Waals surface area contributed by atoms with Gasteiger partial charge in [-0.15, -0.1) is 0 Å². The van der Waals surface area contributed by atoms with E-state index in [0.29, 0.717) is 5.54 Å². The van der Waals surface area contributed by atoms with Gasteiger partial charge in [0.05, 0.1) is 7.11 Å². The van der Waals surface area contributed by atoms with E-state index in [1.54, 1.807) is 7.11 Å². The molecule has 1 saturated carbocycles. The van der Waals surface area contributed by atoms with E-state index < -0.39 is 0 Å². The van der Waals surface area contributed by atoms with Gasteiger partial charge in [0.2, 0.25) is 0 Å². The van der Waals surface area contributed by atoms with Crippen LogP contribution in [0, 0.1) is 0 Å². The summed E-state index contributed by atoms with van der Waals surface area (Å²) >= 11 is 0. The maximum absolute atomic E-state index is 4.97. The first-order chi connectivity index (χ1) is 4.83. The summed E-state index contributed by atoms with van der Waals surface area (Å²) in [7, 11) is 1.70. The summed E-state index contributed by atoms with van der Waals surface area (Å²) in [4.78, 5) is 4.97. The summed E-state index contributed by atoms with van der Waals surface area (Å²) in [6.45, 7) is 2.22. The molecule has 0 unspecified atom stereocenters. The van der Waals surface area contributed by atoms with Gasteiger partial charge in [-0.25, -0.2) is 0 Å². The first-order valence-corrected chi connectivity index (χ1v) is 4.13. The van der Waals surface area contributed by atoms with Crippen molar-refractivity contribution in [3.8, 4) is 0 Å². The molecule has 60 valence electrons. The van der Waals surface area contributed by atoms with Crippen LogP contribution in [0.1, 0.15) is 39.0 Å². The lowest BCUT2D eigenvalue weighted by Crippen LogP contribution is -2.41. The SMILES string of the molecule is CCC1(NOC)CCCC1. The minimum Gasteiger partial charge on any atom is -0.305 e. The fourth-order valence-corrected chi connectivity index (χ4v) is 1.80. The second-order valence-electron chi connectivity index (χ2n) is 3.15. The van der Waals surface area contributed by atoms with E-state index in [1.807, 2.05) is 0 Å². The first kappa shape index (κ1) is 8.02. The molecule has 1 fully saturated rings. The predicted octanol–water partition coefficient (Wildman–Crippen LogP) is 1.86. The van der Waals surface area contributed by atoms with Gasteiger partial charge >= 0.3 is 0 Å². The number of hydroxylamine groups is 1. The van der Waals surface area contributed by atoms with Gasteiger partial charge in [-0.3, -0.25) is 0 Å². The second-order valence-corrected chi connectivity index (χ2v) is 3.15. The van der Waals surface area contributed by atoms with Crippen LogP contribution >= 0.6 is 0 Å². The zero-order chi connectivity index (χ0) is 7.45. The summed E-state index contributed by atoms with van der Waals surface area (Å²) in [5.74, 6) is 0. The third-order valence-corrected chi connectivity index (χ3v) is 2.56. The van der Waals surface area contributed by atoms with Gasteiger partial charge in [0.25, 0.3) is 0 Å². The van der Waals surface area contributed by atoms with E-state index in [2.05, 4.69) is 12.4 Å². The van der Waals surface area contributed by atoms with E-state index >= 15 is 0 Å². The highest BCUT2D eigenvalue weighted by Crippen LogP contribution is 2.31. The Morgan fingerprint density at radius 3 is 2.40 bits per heavy atom. The molecule has 0 amide bonds. The Bertz CT molecular complexity index is 97.4. The van der Waals surface area contributed by atoms with Crippen molar-refractivity contribution in [3.63, 3.8) is 0 Å². The molecule has 1 rings (SSSR count). The van der Waals surface area contributed by atoms with E-state index in [9.17, 15) is 0 Å². The van der Waals surface area contributed by atoms with Crippen LogP contribution in [0.4, 0.5) is 0 Å². The largest absolute Gasteiger partial charge is 0.305 e. The lowest BCUT2D eigenvalue weighted by molar-refractivity contribution is 0.0125. The topological polar surface area (TPSA) is 21.3 Å². The maximum Gasteiger partial charge on any atom is 0.0572 e. The minimum atomic E-state index is 0.314. The highest BCUT2D eigenvalue weighted by Gasteiger charge is 2.31. The Kier molecular flexibility index (Phi) is 2.69. The number of hydrogen-bond donors (Lipinski definition) is 1. The standard InChI is InChI=1S/C8H17NO/c1-3-8(9-10-2)6-4-5-7-8/h9H,3-7H2,1-2H3. The van der Waals surface area contributed by atoms with Crippen LogP contribution in [0.5, 0.6) is 0 Å². The molecule has 0 aliphatic heterocycles. The molecule has 0 aromatic rings. The van der Waals surface area contributed by atoms with Crippen molar-refractivity contribution in [2.24, 2.45) is 0 Å². The first-order valence-electron chi connectivity index (χ1n) is 4.13. The molecule has 1 aliphatic rings. The average molecular weight is 143 g/mol. The summed E-state index contributed by atoms with van der Waals surface area (Å²) < 4.78 is 0. The molecule has 1 N–H and O–H groups in total.